The maximum atomic E-state index is 12.1. The number of hydrogen-bond donors (Lipinski definition) is 0. The molecule has 2 aromatic rings. The van der Waals surface area contributed by atoms with Gasteiger partial charge in [-0.25, -0.2) is 4.79 Å². The van der Waals surface area contributed by atoms with Crippen molar-refractivity contribution in [3.63, 3.8) is 0 Å². The third kappa shape index (κ3) is 5.64. The van der Waals surface area contributed by atoms with Gasteiger partial charge in [0.25, 0.3) is 5.91 Å². The fourth-order valence-corrected chi connectivity index (χ4v) is 2.17. The summed E-state index contributed by atoms with van der Waals surface area (Å²) in [6, 6.07) is 17.9. The molecule has 26 heavy (non-hydrogen) atoms. The number of nitriles is 1. The monoisotopic (exact) mass is 352 g/mol. The van der Waals surface area contributed by atoms with Crippen LogP contribution < -0.4 is 4.74 Å². The summed E-state index contributed by atoms with van der Waals surface area (Å²) in [6.45, 7) is 1.64. The minimum atomic E-state index is -0.866. The third-order valence-electron chi connectivity index (χ3n) is 3.65. The first-order valence-corrected chi connectivity index (χ1v) is 8.11. The summed E-state index contributed by atoms with van der Waals surface area (Å²) in [4.78, 5) is 25.6. The fourth-order valence-electron chi connectivity index (χ4n) is 2.17. The predicted octanol–water partition coefficient (Wildman–Crippen LogP) is 2.53. The van der Waals surface area contributed by atoms with Crippen molar-refractivity contribution in [1.29, 1.82) is 5.26 Å². The number of likely N-dealkylation sites (N-methyl/N-ethyl adjacent to an activating group) is 1. The molecule has 0 saturated carbocycles. The molecule has 0 radical (unpaired) electrons. The molecule has 0 aromatic heterocycles. The minimum absolute atomic E-state index is 0.298. The summed E-state index contributed by atoms with van der Waals surface area (Å²) in [5.41, 5.74) is 1.49. The molecular weight excluding hydrogens is 332 g/mol. The van der Waals surface area contributed by atoms with Gasteiger partial charge in [-0.15, -0.1) is 0 Å². The molecule has 134 valence electrons. The van der Waals surface area contributed by atoms with Crippen molar-refractivity contribution in [2.45, 2.75) is 19.6 Å². The van der Waals surface area contributed by atoms with Crippen molar-refractivity contribution < 1.29 is 19.1 Å². The summed E-state index contributed by atoms with van der Waals surface area (Å²) in [7, 11) is 1.65. The van der Waals surface area contributed by atoms with E-state index in [2.05, 4.69) is 0 Å². The topological polar surface area (TPSA) is 79.6 Å². The standard InChI is InChI=1S/C20H20N2O4/c1-15(26-18-10-8-16(12-21)9-11-18)20(24)25-14-19(23)22(2)13-17-6-4-3-5-7-17/h3-11,15H,13-14H2,1-2H3/t15-/m0/s1. The molecule has 0 N–H and O–H groups in total. The lowest BCUT2D eigenvalue weighted by molar-refractivity contribution is -0.157. The maximum absolute atomic E-state index is 12.1. The van der Waals surface area contributed by atoms with Crippen molar-refractivity contribution in [2.24, 2.45) is 0 Å². The van der Waals surface area contributed by atoms with Gasteiger partial charge < -0.3 is 14.4 Å². The number of carbonyl (C=O) groups excluding carboxylic acids is 2. The van der Waals surface area contributed by atoms with Crippen molar-refractivity contribution in [3.05, 3.63) is 65.7 Å². The molecule has 0 heterocycles. The Labute approximate surface area is 152 Å². The van der Waals surface area contributed by atoms with Crippen molar-refractivity contribution in [3.8, 4) is 11.8 Å². The van der Waals surface area contributed by atoms with Gasteiger partial charge in [-0.3, -0.25) is 4.79 Å². The van der Waals surface area contributed by atoms with Crippen molar-refractivity contribution in [1.82, 2.24) is 4.90 Å². The number of rotatable bonds is 7. The first-order chi connectivity index (χ1) is 12.5. The molecular formula is C20H20N2O4. The van der Waals surface area contributed by atoms with Gasteiger partial charge >= 0.3 is 5.97 Å². The molecule has 0 fully saturated rings. The van der Waals surface area contributed by atoms with Crippen LogP contribution in [0.4, 0.5) is 0 Å². The fraction of sp³-hybridized carbons (Fsp3) is 0.250. The van der Waals surface area contributed by atoms with Crippen LogP contribution in [0.2, 0.25) is 0 Å². The van der Waals surface area contributed by atoms with Gasteiger partial charge in [-0.05, 0) is 36.8 Å². The highest BCUT2D eigenvalue weighted by Gasteiger charge is 2.19. The van der Waals surface area contributed by atoms with E-state index < -0.39 is 12.1 Å². The lowest BCUT2D eigenvalue weighted by Crippen LogP contribution is -2.33. The number of esters is 1. The van der Waals surface area contributed by atoms with E-state index in [0.717, 1.165) is 5.56 Å². The Balaban J connectivity index is 1.79. The van der Waals surface area contributed by atoms with Crippen LogP contribution in [0.25, 0.3) is 0 Å². The zero-order valence-electron chi connectivity index (χ0n) is 14.7. The van der Waals surface area contributed by atoms with Crippen LogP contribution in [0.5, 0.6) is 5.75 Å². The van der Waals surface area contributed by atoms with Crippen LogP contribution in [-0.2, 0) is 20.9 Å². The number of amides is 1. The van der Waals surface area contributed by atoms with E-state index in [1.54, 1.807) is 38.2 Å². The smallest absolute Gasteiger partial charge is 0.347 e. The Kier molecular flexibility index (Phi) is 6.75. The lowest BCUT2D eigenvalue weighted by Gasteiger charge is -2.18. The maximum Gasteiger partial charge on any atom is 0.347 e. The van der Waals surface area contributed by atoms with E-state index in [1.807, 2.05) is 36.4 Å². The molecule has 6 nitrogen and oxygen atoms in total. The van der Waals surface area contributed by atoms with E-state index in [0.29, 0.717) is 17.9 Å². The largest absolute Gasteiger partial charge is 0.479 e. The Bertz CT molecular complexity index is 782. The molecule has 6 heteroatoms. The summed E-state index contributed by atoms with van der Waals surface area (Å²) in [6.07, 6.45) is -0.866. The van der Waals surface area contributed by atoms with Gasteiger partial charge in [0.15, 0.2) is 12.7 Å². The second kappa shape index (κ2) is 9.23. The summed E-state index contributed by atoms with van der Waals surface area (Å²) < 4.78 is 10.5. The number of nitrogens with zero attached hydrogens (tertiary/aromatic N) is 2. The molecule has 0 bridgehead atoms. The molecule has 1 atom stereocenters. The van der Waals surface area contributed by atoms with Crippen LogP contribution in [0, 0.1) is 11.3 Å². The molecule has 2 aromatic carbocycles. The van der Waals surface area contributed by atoms with Crippen LogP contribution in [0.3, 0.4) is 0 Å². The third-order valence-corrected chi connectivity index (χ3v) is 3.65. The van der Waals surface area contributed by atoms with Crippen molar-refractivity contribution in [2.75, 3.05) is 13.7 Å². The Morgan fingerprint density at radius 3 is 2.38 bits per heavy atom. The van der Waals surface area contributed by atoms with Crippen LogP contribution in [0.1, 0.15) is 18.1 Å². The molecule has 2 rings (SSSR count). The second-order valence-electron chi connectivity index (χ2n) is 5.74. The highest BCUT2D eigenvalue weighted by atomic mass is 16.6. The van der Waals surface area contributed by atoms with Crippen LogP contribution >= 0.6 is 0 Å². The van der Waals surface area contributed by atoms with E-state index in [9.17, 15) is 9.59 Å². The molecule has 0 aliphatic heterocycles. The quantitative estimate of drug-likeness (QED) is 0.716. The molecule has 0 aliphatic carbocycles. The van der Waals surface area contributed by atoms with Gasteiger partial charge in [-0.2, -0.15) is 5.26 Å². The highest BCUT2D eigenvalue weighted by molar-refractivity contribution is 5.81. The van der Waals surface area contributed by atoms with Crippen molar-refractivity contribution >= 4 is 11.9 Å². The summed E-state index contributed by atoms with van der Waals surface area (Å²) >= 11 is 0. The van der Waals surface area contributed by atoms with E-state index in [1.165, 1.54) is 4.90 Å². The average Bonchev–Trinajstić information content (AvgIpc) is 2.67. The minimum Gasteiger partial charge on any atom is -0.479 e. The summed E-state index contributed by atoms with van der Waals surface area (Å²) in [5.74, 6) is -0.482. The number of benzene rings is 2. The van der Waals surface area contributed by atoms with Gasteiger partial charge in [-0.1, -0.05) is 30.3 Å². The number of ether oxygens (including phenoxy) is 2. The molecule has 1 amide bonds. The van der Waals surface area contributed by atoms with Gasteiger partial charge in [0, 0.05) is 13.6 Å². The van der Waals surface area contributed by atoms with Crippen LogP contribution in [0.15, 0.2) is 54.6 Å². The molecule has 0 saturated heterocycles. The first-order valence-electron chi connectivity index (χ1n) is 8.11. The molecule has 0 aliphatic rings. The zero-order valence-corrected chi connectivity index (χ0v) is 14.7. The Morgan fingerprint density at radius 2 is 1.77 bits per heavy atom. The van der Waals surface area contributed by atoms with E-state index in [-0.39, 0.29) is 12.5 Å². The number of carbonyl (C=O) groups is 2. The normalized spacial score (nSPS) is 11.1. The average molecular weight is 352 g/mol. The van der Waals surface area contributed by atoms with E-state index >= 15 is 0 Å². The Morgan fingerprint density at radius 1 is 1.12 bits per heavy atom. The van der Waals surface area contributed by atoms with Gasteiger partial charge in [0.2, 0.25) is 0 Å². The van der Waals surface area contributed by atoms with Gasteiger partial charge in [0.1, 0.15) is 5.75 Å². The zero-order chi connectivity index (χ0) is 18.9. The van der Waals surface area contributed by atoms with Gasteiger partial charge in [0.05, 0.1) is 11.6 Å². The molecule has 0 spiro atoms. The SMILES string of the molecule is C[C@H](Oc1ccc(C#N)cc1)C(=O)OCC(=O)N(C)Cc1ccccc1. The Hall–Kier alpha value is -3.33. The number of hydrogen-bond acceptors (Lipinski definition) is 5. The predicted molar refractivity (Wildman–Crippen MR) is 95.1 cm³/mol. The van der Waals surface area contributed by atoms with E-state index in [4.69, 9.17) is 14.7 Å². The highest BCUT2D eigenvalue weighted by Crippen LogP contribution is 2.14. The lowest BCUT2D eigenvalue weighted by atomic mass is 10.2. The summed E-state index contributed by atoms with van der Waals surface area (Å²) in [5, 5.41) is 8.76. The second-order valence-corrected chi connectivity index (χ2v) is 5.74. The molecule has 0 unspecified atom stereocenters. The van der Waals surface area contributed by atoms with Crippen LogP contribution in [-0.4, -0.2) is 36.5 Å². The first kappa shape index (κ1) is 19.0.